The lowest BCUT2D eigenvalue weighted by Gasteiger charge is -2.40. The van der Waals surface area contributed by atoms with Crippen molar-refractivity contribution in [2.24, 2.45) is 0 Å². The lowest BCUT2D eigenvalue weighted by atomic mass is 10.00. The topological polar surface area (TPSA) is 79.0 Å². The van der Waals surface area contributed by atoms with Gasteiger partial charge < -0.3 is 10.1 Å². The highest BCUT2D eigenvalue weighted by molar-refractivity contribution is 6.09. The third-order valence-corrected chi connectivity index (χ3v) is 6.80. The summed E-state index contributed by atoms with van der Waals surface area (Å²) in [4.78, 5) is 41.7. The highest BCUT2D eigenvalue weighted by Crippen LogP contribution is 2.32. The van der Waals surface area contributed by atoms with E-state index in [1.54, 1.807) is 41.3 Å². The maximum Gasteiger partial charge on any atom is 0.414 e. The zero-order chi connectivity index (χ0) is 25.1. The minimum atomic E-state index is -0.295. The van der Waals surface area contributed by atoms with Crippen LogP contribution in [0.15, 0.2) is 72.8 Å². The second kappa shape index (κ2) is 10.3. The largest absolute Gasteiger partial charge is 0.444 e. The van der Waals surface area contributed by atoms with Gasteiger partial charge in [0.05, 0.1) is 12.2 Å². The Labute approximate surface area is 210 Å². The van der Waals surface area contributed by atoms with Crippen LogP contribution in [0.25, 0.3) is 0 Å². The van der Waals surface area contributed by atoms with Crippen LogP contribution in [0.1, 0.15) is 39.9 Å². The maximum absolute atomic E-state index is 12.6. The summed E-state index contributed by atoms with van der Waals surface area (Å²) in [6.07, 6.45) is 1.24. The van der Waals surface area contributed by atoms with Crippen molar-refractivity contribution in [3.8, 4) is 0 Å². The molecule has 0 unspecified atom stereocenters. The molecule has 3 aromatic carbocycles. The summed E-state index contributed by atoms with van der Waals surface area (Å²) in [5.74, 6) is -0.152. The number of anilines is 2. The molecular weight excluding hydrogens is 454 g/mol. The Morgan fingerprint density at radius 3 is 2.36 bits per heavy atom. The second-order valence-electron chi connectivity index (χ2n) is 9.38. The molecule has 3 aromatic rings. The van der Waals surface area contributed by atoms with Gasteiger partial charge in [0.25, 0.3) is 0 Å². The first-order valence-corrected chi connectivity index (χ1v) is 12.3. The Morgan fingerprint density at radius 1 is 0.944 bits per heavy atom. The summed E-state index contributed by atoms with van der Waals surface area (Å²) < 4.78 is 5.42. The van der Waals surface area contributed by atoms with Gasteiger partial charge in [0.2, 0.25) is 5.91 Å². The van der Waals surface area contributed by atoms with E-state index in [0.717, 1.165) is 29.7 Å². The summed E-state index contributed by atoms with van der Waals surface area (Å²) in [5, 5.41) is 2.92. The fourth-order valence-electron chi connectivity index (χ4n) is 4.92. The van der Waals surface area contributed by atoms with Gasteiger partial charge in [-0.25, -0.2) is 4.79 Å². The molecular formula is C29H29N3O4. The first-order chi connectivity index (χ1) is 17.5. The van der Waals surface area contributed by atoms with Gasteiger partial charge in [0.15, 0.2) is 5.78 Å². The number of carbonyl (C=O) groups excluding carboxylic acids is 3. The van der Waals surface area contributed by atoms with Crippen LogP contribution >= 0.6 is 0 Å². The number of ketones is 1. The number of aryl methyl sites for hydroxylation is 1. The average Bonchev–Trinajstić information content (AvgIpc) is 2.90. The molecule has 1 fully saturated rings. The molecule has 0 aliphatic carbocycles. The van der Waals surface area contributed by atoms with Gasteiger partial charge in [-0.2, -0.15) is 0 Å². The minimum Gasteiger partial charge on any atom is -0.444 e. The van der Waals surface area contributed by atoms with Gasteiger partial charge in [0.1, 0.15) is 6.61 Å². The van der Waals surface area contributed by atoms with Crippen molar-refractivity contribution < 1.29 is 19.1 Å². The van der Waals surface area contributed by atoms with Gasteiger partial charge in [-0.15, -0.1) is 0 Å². The molecule has 1 saturated heterocycles. The molecule has 0 bridgehead atoms. The number of fused-ring (bicyclic) bond motifs is 1. The van der Waals surface area contributed by atoms with Gasteiger partial charge in [-0.3, -0.25) is 19.4 Å². The smallest absolute Gasteiger partial charge is 0.414 e. The number of nitrogens with zero attached hydrogens (tertiary/aromatic N) is 2. The lowest BCUT2D eigenvalue weighted by molar-refractivity contribution is -0.117. The minimum absolute atomic E-state index is 0.0493. The van der Waals surface area contributed by atoms with Crippen LogP contribution in [0.5, 0.6) is 0 Å². The van der Waals surface area contributed by atoms with Crippen LogP contribution in [0.2, 0.25) is 0 Å². The number of rotatable bonds is 6. The molecule has 0 radical (unpaired) electrons. The number of benzene rings is 3. The van der Waals surface area contributed by atoms with Crippen LogP contribution in [-0.2, 0) is 16.1 Å². The van der Waals surface area contributed by atoms with Crippen molar-refractivity contribution in [1.29, 1.82) is 0 Å². The molecule has 7 nitrogen and oxygen atoms in total. The van der Waals surface area contributed by atoms with Gasteiger partial charge >= 0.3 is 6.09 Å². The molecule has 2 amide bonds. The first-order valence-electron chi connectivity index (χ1n) is 12.3. The van der Waals surface area contributed by atoms with Crippen molar-refractivity contribution in [1.82, 2.24) is 4.90 Å². The van der Waals surface area contributed by atoms with Gasteiger partial charge in [-0.05, 0) is 50.1 Å². The Balaban J connectivity index is 1.14. The van der Waals surface area contributed by atoms with E-state index in [1.807, 2.05) is 37.3 Å². The number of hydrogen-bond acceptors (Lipinski definition) is 5. The molecule has 0 spiro atoms. The van der Waals surface area contributed by atoms with Crippen molar-refractivity contribution in [2.75, 3.05) is 29.9 Å². The van der Waals surface area contributed by atoms with Crippen molar-refractivity contribution in [3.05, 3.63) is 95.1 Å². The monoisotopic (exact) mass is 483 g/mol. The predicted octanol–water partition coefficient (Wildman–Crippen LogP) is 4.79. The van der Waals surface area contributed by atoms with Crippen LogP contribution in [0, 0.1) is 6.92 Å². The van der Waals surface area contributed by atoms with E-state index >= 15 is 0 Å². The number of piperidine rings is 1. The third-order valence-electron chi connectivity index (χ3n) is 6.80. The quantitative estimate of drug-likeness (QED) is 0.510. The highest BCUT2D eigenvalue weighted by atomic mass is 16.6. The number of hydrogen-bond donors (Lipinski definition) is 1. The molecule has 0 aromatic heterocycles. The number of cyclic esters (lactones) is 1. The van der Waals surface area contributed by atoms with E-state index in [4.69, 9.17) is 4.74 Å². The van der Waals surface area contributed by atoms with E-state index < -0.39 is 0 Å². The van der Waals surface area contributed by atoms with Crippen LogP contribution in [0.3, 0.4) is 0 Å². The van der Waals surface area contributed by atoms with Crippen LogP contribution in [0.4, 0.5) is 16.2 Å². The molecule has 36 heavy (non-hydrogen) atoms. The Bertz CT molecular complexity index is 1270. The van der Waals surface area contributed by atoms with E-state index in [2.05, 4.69) is 16.3 Å². The molecule has 2 heterocycles. The van der Waals surface area contributed by atoms with Gasteiger partial charge in [0, 0.05) is 41.5 Å². The number of ether oxygens (including phenoxy) is 1. The highest BCUT2D eigenvalue weighted by Gasteiger charge is 2.34. The maximum atomic E-state index is 12.6. The van der Waals surface area contributed by atoms with Crippen LogP contribution < -0.4 is 10.2 Å². The molecule has 1 N–H and O–H groups in total. The average molecular weight is 484 g/mol. The Kier molecular flexibility index (Phi) is 6.82. The van der Waals surface area contributed by atoms with Crippen molar-refractivity contribution >= 4 is 29.2 Å². The van der Waals surface area contributed by atoms with E-state index in [9.17, 15) is 14.4 Å². The zero-order valence-corrected chi connectivity index (χ0v) is 20.3. The van der Waals surface area contributed by atoms with Gasteiger partial charge in [-0.1, -0.05) is 48.0 Å². The Morgan fingerprint density at radius 2 is 1.64 bits per heavy atom. The Hall–Kier alpha value is -3.97. The molecule has 0 saturated carbocycles. The third kappa shape index (κ3) is 5.16. The number of likely N-dealkylation sites (tertiary alicyclic amines) is 1. The molecule has 5 rings (SSSR count). The second-order valence-corrected chi connectivity index (χ2v) is 9.38. The standard InChI is InChI=1S/C29H29N3O4/c1-20-7-12-26-23(17-20)19-36-29(35)32(26)25-13-15-31(16-14-25)18-27(33)30-24-10-8-22(9-11-24)28(34)21-5-3-2-4-6-21/h2-12,17,25H,13-16,18-19H2,1H3,(H,30,33). The molecule has 0 atom stereocenters. The fourth-order valence-corrected chi connectivity index (χ4v) is 4.92. The van der Waals surface area contributed by atoms with E-state index in [1.165, 1.54) is 0 Å². The fraction of sp³-hybridized carbons (Fsp3) is 0.276. The van der Waals surface area contributed by atoms with E-state index in [0.29, 0.717) is 36.5 Å². The van der Waals surface area contributed by atoms with Crippen molar-refractivity contribution in [3.63, 3.8) is 0 Å². The molecule has 184 valence electrons. The molecule has 2 aliphatic heterocycles. The summed E-state index contributed by atoms with van der Waals surface area (Å²) >= 11 is 0. The first kappa shape index (κ1) is 23.8. The zero-order valence-electron chi connectivity index (χ0n) is 20.3. The van der Waals surface area contributed by atoms with Crippen molar-refractivity contribution in [2.45, 2.75) is 32.4 Å². The summed E-state index contributed by atoms with van der Waals surface area (Å²) in [7, 11) is 0. The lowest BCUT2D eigenvalue weighted by Crippen LogP contribution is -2.50. The predicted molar refractivity (Wildman–Crippen MR) is 138 cm³/mol. The SMILES string of the molecule is Cc1ccc2c(c1)COC(=O)N2C1CCN(CC(=O)Nc2ccc(C(=O)c3ccccc3)cc2)CC1. The summed E-state index contributed by atoms with van der Waals surface area (Å²) in [5.41, 5.74) is 4.98. The normalized spacial score (nSPS) is 16.2. The number of amides is 2. The van der Waals surface area contributed by atoms with E-state index in [-0.39, 0.29) is 30.4 Å². The summed E-state index contributed by atoms with van der Waals surface area (Å²) in [6.45, 7) is 4.05. The summed E-state index contributed by atoms with van der Waals surface area (Å²) in [6, 6.07) is 22.2. The number of nitrogens with one attached hydrogen (secondary N) is 1. The molecule has 7 heteroatoms. The van der Waals surface area contributed by atoms with Crippen LogP contribution in [-0.4, -0.2) is 48.4 Å². The molecule has 2 aliphatic rings. The number of carbonyl (C=O) groups is 3.